The molecule has 0 aromatic rings. The molecule has 0 saturated heterocycles. The number of rotatable bonds is 2. The summed E-state index contributed by atoms with van der Waals surface area (Å²) >= 11 is 0. The van der Waals surface area contributed by atoms with Gasteiger partial charge in [-0.15, -0.1) is 0 Å². The SMILES string of the molecule is CCN(C)C(=O)C(=O)NC1CCCCCCC1. The fourth-order valence-electron chi connectivity index (χ4n) is 2.16. The number of nitrogens with one attached hydrogen (secondary N) is 1. The van der Waals surface area contributed by atoms with Crippen LogP contribution in [0.4, 0.5) is 0 Å². The number of amides is 2. The van der Waals surface area contributed by atoms with Crippen LogP contribution in [0.25, 0.3) is 0 Å². The summed E-state index contributed by atoms with van der Waals surface area (Å²) in [6, 6.07) is 0.192. The van der Waals surface area contributed by atoms with Gasteiger partial charge in [-0.1, -0.05) is 32.1 Å². The third-order valence-electron chi connectivity index (χ3n) is 3.46. The summed E-state index contributed by atoms with van der Waals surface area (Å²) in [7, 11) is 1.65. The van der Waals surface area contributed by atoms with E-state index in [2.05, 4.69) is 5.32 Å². The Balaban J connectivity index is 2.40. The van der Waals surface area contributed by atoms with E-state index in [4.69, 9.17) is 0 Å². The molecule has 0 spiro atoms. The molecule has 1 aliphatic carbocycles. The lowest BCUT2D eigenvalue weighted by atomic mass is 9.97. The minimum absolute atomic E-state index is 0.192. The molecule has 0 bridgehead atoms. The molecule has 2 amide bonds. The summed E-state index contributed by atoms with van der Waals surface area (Å²) in [4.78, 5) is 24.8. The van der Waals surface area contributed by atoms with Crippen molar-refractivity contribution >= 4 is 11.8 Å². The van der Waals surface area contributed by atoms with Gasteiger partial charge >= 0.3 is 11.8 Å². The first-order valence-corrected chi connectivity index (χ1v) is 6.71. The zero-order valence-corrected chi connectivity index (χ0v) is 11.0. The molecule has 0 aromatic heterocycles. The molecule has 98 valence electrons. The summed E-state index contributed by atoms with van der Waals surface area (Å²) in [6.45, 7) is 2.43. The minimum atomic E-state index is -0.445. The highest BCUT2D eigenvalue weighted by Gasteiger charge is 2.21. The molecule has 17 heavy (non-hydrogen) atoms. The van der Waals surface area contributed by atoms with Crippen LogP contribution in [0, 0.1) is 0 Å². The molecule has 1 fully saturated rings. The fourth-order valence-corrected chi connectivity index (χ4v) is 2.16. The van der Waals surface area contributed by atoms with Gasteiger partial charge in [0.25, 0.3) is 0 Å². The van der Waals surface area contributed by atoms with E-state index in [-0.39, 0.29) is 6.04 Å². The largest absolute Gasteiger partial charge is 0.345 e. The van der Waals surface area contributed by atoms with Crippen LogP contribution in [0.15, 0.2) is 0 Å². The highest BCUT2D eigenvalue weighted by Crippen LogP contribution is 2.16. The van der Waals surface area contributed by atoms with E-state index < -0.39 is 11.8 Å². The molecule has 1 saturated carbocycles. The van der Waals surface area contributed by atoms with Crippen molar-refractivity contribution in [2.75, 3.05) is 13.6 Å². The predicted molar refractivity (Wildman–Crippen MR) is 67.6 cm³/mol. The van der Waals surface area contributed by atoms with E-state index in [0.717, 1.165) is 25.7 Å². The van der Waals surface area contributed by atoms with E-state index in [9.17, 15) is 9.59 Å². The number of nitrogens with zero attached hydrogens (tertiary/aromatic N) is 1. The van der Waals surface area contributed by atoms with E-state index in [1.807, 2.05) is 6.92 Å². The first kappa shape index (κ1) is 14.0. The third kappa shape index (κ3) is 4.75. The molecule has 0 atom stereocenters. The molecule has 0 radical (unpaired) electrons. The van der Waals surface area contributed by atoms with Gasteiger partial charge in [0.1, 0.15) is 0 Å². The van der Waals surface area contributed by atoms with Crippen LogP contribution in [0.5, 0.6) is 0 Å². The average molecular weight is 240 g/mol. The maximum Gasteiger partial charge on any atom is 0.311 e. The Morgan fingerprint density at radius 2 is 1.65 bits per heavy atom. The molecular weight excluding hydrogens is 216 g/mol. The Kier molecular flexibility index (Phi) is 6.01. The number of likely N-dealkylation sites (N-methyl/N-ethyl adjacent to an activating group) is 1. The summed E-state index contributed by atoms with van der Waals surface area (Å²) < 4.78 is 0. The first-order chi connectivity index (χ1) is 8.15. The van der Waals surface area contributed by atoms with Gasteiger partial charge in [0, 0.05) is 19.6 Å². The van der Waals surface area contributed by atoms with Gasteiger partial charge in [-0.3, -0.25) is 9.59 Å². The highest BCUT2D eigenvalue weighted by molar-refractivity contribution is 6.34. The van der Waals surface area contributed by atoms with Crippen molar-refractivity contribution in [3.05, 3.63) is 0 Å². The smallest absolute Gasteiger partial charge is 0.311 e. The lowest BCUT2D eigenvalue weighted by Crippen LogP contribution is -2.45. The lowest BCUT2D eigenvalue weighted by Gasteiger charge is -2.22. The number of carbonyl (C=O) groups excluding carboxylic acids is 2. The van der Waals surface area contributed by atoms with Crippen LogP contribution in [0.3, 0.4) is 0 Å². The Morgan fingerprint density at radius 1 is 1.12 bits per heavy atom. The Labute approximate surface area is 104 Å². The molecule has 1 aliphatic rings. The lowest BCUT2D eigenvalue weighted by molar-refractivity contribution is -0.145. The molecule has 1 rings (SSSR count). The molecule has 0 unspecified atom stereocenters. The average Bonchev–Trinajstić information content (AvgIpc) is 2.30. The Bertz CT molecular complexity index is 258. The van der Waals surface area contributed by atoms with Crippen molar-refractivity contribution in [3.8, 4) is 0 Å². The predicted octanol–water partition coefficient (Wildman–Crippen LogP) is 1.69. The van der Waals surface area contributed by atoms with E-state index >= 15 is 0 Å². The van der Waals surface area contributed by atoms with Crippen LogP contribution in [-0.2, 0) is 9.59 Å². The molecule has 4 heteroatoms. The zero-order chi connectivity index (χ0) is 12.7. The quantitative estimate of drug-likeness (QED) is 0.747. The summed E-state index contributed by atoms with van der Waals surface area (Å²) in [5, 5.41) is 2.87. The molecule has 4 nitrogen and oxygen atoms in total. The van der Waals surface area contributed by atoms with Gasteiger partial charge in [-0.05, 0) is 19.8 Å². The summed E-state index contributed by atoms with van der Waals surface area (Å²) in [5.41, 5.74) is 0. The van der Waals surface area contributed by atoms with Crippen molar-refractivity contribution in [1.82, 2.24) is 10.2 Å². The molecule has 0 aliphatic heterocycles. The monoisotopic (exact) mass is 240 g/mol. The Morgan fingerprint density at radius 3 is 2.18 bits per heavy atom. The molecule has 0 aromatic carbocycles. The fraction of sp³-hybridized carbons (Fsp3) is 0.846. The second kappa shape index (κ2) is 7.30. The van der Waals surface area contributed by atoms with Crippen molar-refractivity contribution in [2.24, 2.45) is 0 Å². The zero-order valence-electron chi connectivity index (χ0n) is 11.0. The maximum absolute atomic E-state index is 11.7. The van der Waals surface area contributed by atoms with E-state index in [0.29, 0.717) is 6.54 Å². The number of carbonyl (C=O) groups is 2. The van der Waals surface area contributed by atoms with Crippen molar-refractivity contribution in [3.63, 3.8) is 0 Å². The van der Waals surface area contributed by atoms with Crippen molar-refractivity contribution in [1.29, 1.82) is 0 Å². The van der Waals surface area contributed by atoms with Gasteiger partial charge in [0.2, 0.25) is 0 Å². The normalized spacial score (nSPS) is 18.0. The van der Waals surface area contributed by atoms with Crippen LogP contribution in [-0.4, -0.2) is 36.3 Å². The summed E-state index contributed by atoms with van der Waals surface area (Å²) in [6.07, 6.45) is 8.12. The second-order valence-electron chi connectivity index (χ2n) is 4.83. The molecule has 0 heterocycles. The first-order valence-electron chi connectivity index (χ1n) is 6.71. The van der Waals surface area contributed by atoms with Crippen molar-refractivity contribution < 1.29 is 9.59 Å². The maximum atomic E-state index is 11.7. The Hall–Kier alpha value is -1.06. The standard InChI is InChI=1S/C13H24N2O2/c1-3-15(2)13(17)12(16)14-11-9-7-5-4-6-8-10-11/h11H,3-10H2,1-2H3,(H,14,16). The van der Waals surface area contributed by atoms with Gasteiger partial charge in [0.05, 0.1) is 0 Å². The number of hydrogen-bond acceptors (Lipinski definition) is 2. The second-order valence-corrected chi connectivity index (χ2v) is 4.83. The highest BCUT2D eigenvalue weighted by atomic mass is 16.2. The van der Waals surface area contributed by atoms with E-state index in [1.165, 1.54) is 24.2 Å². The van der Waals surface area contributed by atoms with Crippen LogP contribution in [0.1, 0.15) is 51.9 Å². The molecular formula is C13H24N2O2. The minimum Gasteiger partial charge on any atom is -0.345 e. The van der Waals surface area contributed by atoms with Gasteiger partial charge in [-0.25, -0.2) is 0 Å². The summed E-state index contributed by atoms with van der Waals surface area (Å²) in [5.74, 6) is -0.866. The van der Waals surface area contributed by atoms with Gasteiger partial charge < -0.3 is 10.2 Å². The van der Waals surface area contributed by atoms with Crippen LogP contribution < -0.4 is 5.32 Å². The van der Waals surface area contributed by atoms with Gasteiger partial charge in [-0.2, -0.15) is 0 Å². The van der Waals surface area contributed by atoms with Crippen molar-refractivity contribution in [2.45, 2.75) is 57.9 Å². The topological polar surface area (TPSA) is 49.4 Å². The third-order valence-corrected chi connectivity index (χ3v) is 3.46. The van der Waals surface area contributed by atoms with E-state index in [1.54, 1.807) is 7.05 Å². The number of hydrogen-bond donors (Lipinski definition) is 1. The van der Waals surface area contributed by atoms with Crippen LogP contribution >= 0.6 is 0 Å². The molecule has 1 N–H and O–H groups in total. The van der Waals surface area contributed by atoms with Crippen LogP contribution in [0.2, 0.25) is 0 Å². The van der Waals surface area contributed by atoms with Gasteiger partial charge in [0.15, 0.2) is 0 Å².